The third kappa shape index (κ3) is 6.90. The molecule has 0 aliphatic carbocycles. The van der Waals surface area contributed by atoms with Gasteiger partial charge in [-0.2, -0.15) is 0 Å². The number of nitrogens with one attached hydrogen (secondary N) is 3. The zero-order valence-corrected chi connectivity index (χ0v) is 11.2. The van der Waals surface area contributed by atoms with E-state index in [4.69, 9.17) is 4.74 Å². The third-order valence-electron chi connectivity index (χ3n) is 2.10. The number of H-pyrrole nitrogens is 1. The fraction of sp³-hybridized carbons (Fsp3) is 0.667. The van der Waals surface area contributed by atoms with E-state index in [-0.39, 0.29) is 6.09 Å². The molecular formula is C12H22N4O2. The summed E-state index contributed by atoms with van der Waals surface area (Å²) in [5.74, 6) is 0. The van der Waals surface area contributed by atoms with Crippen LogP contribution in [-0.4, -0.2) is 41.3 Å². The van der Waals surface area contributed by atoms with Crippen LogP contribution < -0.4 is 10.6 Å². The van der Waals surface area contributed by atoms with Gasteiger partial charge >= 0.3 is 6.09 Å². The van der Waals surface area contributed by atoms with Crippen molar-refractivity contribution >= 4 is 6.09 Å². The van der Waals surface area contributed by atoms with E-state index >= 15 is 0 Å². The minimum absolute atomic E-state index is 0.377. The van der Waals surface area contributed by atoms with Crippen LogP contribution in [0.3, 0.4) is 0 Å². The molecule has 0 saturated carbocycles. The lowest BCUT2D eigenvalue weighted by Gasteiger charge is -2.19. The van der Waals surface area contributed by atoms with Gasteiger partial charge in [-0.05, 0) is 20.8 Å². The number of nitrogens with zero attached hydrogens (tertiary/aromatic N) is 1. The number of hydrogen-bond donors (Lipinski definition) is 3. The van der Waals surface area contributed by atoms with Crippen LogP contribution in [0.2, 0.25) is 0 Å². The van der Waals surface area contributed by atoms with Crippen LogP contribution >= 0.6 is 0 Å². The Balaban J connectivity index is 1.97. The van der Waals surface area contributed by atoms with Crippen LogP contribution in [0, 0.1) is 0 Å². The van der Waals surface area contributed by atoms with Gasteiger partial charge in [0.2, 0.25) is 0 Å². The van der Waals surface area contributed by atoms with Gasteiger partial charge in [0.05, 0.1) is 6.33 Å². The van der Waals surface area contributed by atoms with Crippen molar-refractivity contribution in [2.45, 2.75) is 32.8 Å². The molecule has 0 atom stereocenters. The summed E-state index contributed by atoms with van der Waals surface area (Å²) in [5, 5.41) is 5.91. The number of carbonyl (C=O) groups excluding carboxylic acids is 1. The molecule has 6 nitrogen and oxygen atoms in total. The van der Waals surface area contributed by atoms with Gasteiger partial charge in [-0.15, -0.1) is 0 Å². The van der Waals surface area contributed by atoms with Crippen LogP contribution in [0.1, 0.15) is 26.5 Å². The maximum absolute atomic E-state index is 11.3. The Labute approximate surface area is 108 Å². The number of aromatic nitrogens is 2. The molecule has 0 bridgehead atoms. The molecule has 1 amide bonds. The highest BCUT2D eigenvalue weighted by Crippen LogP contribution is 2.05. The summed E-state index contributed by atoms with van der Waals surface area (Å²) < 4.78 is 5.11. The number of hydrogen-bond acceptors (Lipinski definition) is 4. The van der Waals surface area contributed by atoms with E-state index in [2.05, 4.69) is 20.6 Å². The molecule has 1 heterocycles. The summed E-state index contributed by atoms with van der Waals surface area (Å²) in [4.78, 5) is 18.3. The van der Waals surface area contributed by atoms with Crippen molar-refractivity contribution in [3.8, 4) is 0 Å². The normalized spacial score (nSPS) is 11.3. The fourth-order valence-electron chi connectivity index (χ4n) is 1.34. The van der Waals surface area contributed by atoms with Crippen molar-refractivity contribution in [1.82, 2.24) is 20.6 Å². The van der Waals surface area contributed by atoms with Gasteiger partial charge in [0.1, 0.15) is 5.60 Å². The van der Waals surface area contributed by atoms with Gasteiger partial charge in [0, 0.05) is 37.9 Å². The van der Waals surface area contributed by atoms with Crippen LogP contribution in [0.15, 0.2) is 12.5 Å². The van der Waals surface area contributed by atoms with Gasteiger partial charge in [-0.3, -0.25) is 0 Å². The van der Waals surface area contributed by atoms with Crippen molar-refractivity contribution < 1.29 is 9.53 Å². The first-order chi connectivity index (χ1) is 8.47. The second-order valence-corrected chi connectivity index (χ2v) is 5.01. The monoisotopic (exact) mass is 254 g/mol. The molecule has 1 aromatic heterocycles. The molecule has 0 aliphatic heterocycles. The average molecular weight is 254 g/mol. The van der Waals surface area contributed by atoms with Crippen LogP contribution in [-0.2, 0) is 11.2 Å². The first-order valence-corrected chi connectivity index (χ1v) is 6.12. The van der Waals surface area contributed by atoms with Gasteiger partial charge in [0.15, 0.2) is 0 Å². The second-order valence-electron chi connectivity index (χ2n) is 5.01. The number of aromatic amines is 1. The highest BCUT2D eigenvalue weighted by atomic mass is 16.6. The number of rotatable bonds is 6. The van der Waals surface area contributed by atoms with E-state index < -0.39 is 5.60 Å². The molecule has 0 aliphatic rings. The molecule has 0 saturated heterocycles. The molecule has 18 heavy (non-hydrogen) atoms. The Bertz CT molecular complexity index is 343. The molecule has 1 aromatic rings. The van der Waals surface area contributed by atoms with Crippen molar-refractivity contribution in [3.63, 3.8) is 0 Å². The summed E-state index contributed by atoms with van der Waals surface area (Å²) in [7, 11) is 0. The molecular weight excluding hydrogens is 232 g/mol. The summed E-state index contributed by atoms with van der Waals surface area (Å²) in [6.45, 7) is 7.64. The maximum atomic E-state index is 11.3. The standard InChI is InChI=1S/C12H22N4O2/c1-12(2,3)18-11(17)15-7-6-13-5-4-10-8-14-9-16-10/h8-9,13H,4-7H2,1-3H3,(H,14,16)(H,15,17). The number of amides is 1. The van der Waals surface area contributed by atoms with Gasteiger partial charge in [-0.1, -0.05) is 0 Å². The van der Waals surface area contributed by atoms with Crippen LogP contribution in [0.5, 0.6) is 0 Å². The lowest BCUT2D eigenvalue weighted by Crippen LogP contribution is -2.36. The zero-order valence-electron chi connectivity index (χ0n) is 11.2. The summed E-state index contributed by atoms with van der Waals surface area (Å²) in [5.41, 5.74) is 0.653. The number of carbonyl (C=O) groups is 1. The van der Waals surface area contributed by atoms with E-state index in [0.29, 0.717) is 13.1 Å². The van der Waals surface area contributed by atoms with Gasteiger partial charge < -0.3 is 20.4 Å². The molecule has 1 rings (SSSR count). The molecule has 0 aromatic carbocycles. The van der Waals surface area contributed by atoms with Gasteiger partial charge in [0.25, 0.3) is 0 Å². The summed E-state index contributed by atoms with van der Waals surface area (Å²) in [6, 6.07) is 0. The lowest BCUT2D eigenvalue weighted by atomic mass is 10.2. The molecule has 102 valence electrons. The quantitative estimate of drug-likeness (QED) is 0.663. The van der Waals surface area contributed by atoms with E-state index in [1.165, 1.54) is 0 Å². The molecule has 6 heteroatoms. The lowest BCUT2D eigenvalue weighted by molar-refractivity contribution is 0.0528. The van der Waals surface area contributed by atoms with E-state index in [0.717, 1.165) is 18.7 Å². The van der Waals surface area contributed by atoms with E-state index in [1.807, 2.05) is 20.8 Å². The Morgan fingerprint density at radius 1 is 1.39 bits per heavy atom. The molecule has 0 spiro atoms. The number of imidazole rings is 1. The Hall–Kier alpha value is -1.56. The van der Waals surface area contributed by atoms with Crippen molar-refractivity contribution in [2.75, 3.05) is 19.6 Å². The van der Waals surface area contributed by atoms with E-state index in [9.17, 15) is 4.79 Å². The Morgan fingerprint density at radius 2 is 2.17 bits per heavy atom. The Kier molecular flexibility index (Phi) is 5.64. The highest BCUT2D eigenvalue weighted by molar-refractivity contribution is 5.67. The predicted octanol–water partition coefficient (Wildman–Crippen LogP) is 1.07. The van der Waals surface area contributed by atoms with Crippen molar-refractivity contribution in [3.05, 3.63) is 18.2 Å². The number of alkyl carbamates (subject to hydrolysis) is 1. The van der Waals surface area contributed by atoms with Gasteiger partial charge in [-0.25, -0.2) is 9.78 Å². The second kappa shape index (κ2) is 7.00. The summed E-state index contributed by atoms with van der Waals surface area (Å²) >= 11 is 0. The highest BCUT2D eigenvalue weighted by Gasteiger charge is 2.15. The Morgan fingerprint density at radius 3 is 2.78 bits per heavy atom. The SMILES string of the molecule is CC(C)(C)OC(=O)NCCNCCc1cnc[nH]1. The maximum Gasteiger partial charge on any atom is 0.407 e. The molecule has 0 fully saturated rings. The zero-order chi connectivity index (χ0) is 13.4. The van der Waals surface area contributed by atoms with E-state index in [1.54, 1.807) is 12.5 Å². The summed E-state index contributed by atoms with van der Waals surface area (Å²) in [6.07, 6.45) is 3.99. The average Bonchev–Trinajstić information content (AvgIpc) is 2.73. The minimum atomic E-state index is -0.446. The first kappa shape index (κ1) is 14.5. The molecule has 0 unspecified atom stereocenters. The van der Waals surface area contributed by atoms with Crippen molar-refractivity contribution in [1.29, 1.82) is 0 Å². The van der Waals surface area contributed by atoms with Crippen molar-refractivity contribution in [2.24, 2.45) is 0 Å². The fourth-order valence-corrected chi connectivity index (χ4v) is 1.34. The number of ether oxygens (including phenoxy) is 1. The topological polar surface area (TPSA) is 79.0 Å². The largest absolute Gasteiger partial charge is 0.444 e. The first-order valence-electron chi connectivity index (χ1n) is 6.12. The molecule has 0 radical (unpaired) electrons. The molecule has 3 N–H and O–H groups in total. The minimum Gasteiger partial charge on any atom is -0.444 e. The predicted molar refractivity (Wildman–Crippen MR) is 69.4 cm³/mol. The van der Waals surface area contributed by atoms with Crippen LogP contribution in [0.4, 0.5) is 4.79 Å². The van der Waals surface area contributed by atoms with Crippen LogP contribution in [0.25, 0.3) is 0 Å². The smallest absolute Gasteiger partial charge is 0.407 e. The third-order valence-corrected chi connectivity index (χ3v) is 2.10.